The van der Waals surface area contributed by atoms with E-state index in [1.807, 2.05) is 73.7 Å². The summed E-state index contributed by atoms with van der Waals surface area (Å²) in [5.41, 5.74) is 7.86. The van der Waals surface area contributed by atoms with Crippen molar-refractivity contribution in [3.63, 3.8) is 0 Å². The predicted octanol–water partition coefficient (Wildman–Crippen LogP) is 3.55. The predicted molar refractivity (Wildman–Crippen MR) is 104 cm³/mol. The number of benzene rings is 3. The lowest BCUT2D eigenvalue weighted by molar-refractivity contribution is -0.126. The van der Waals surface area contributed by atoms with E-state index in [0.717, 1.165) is 27.5 Å². The summed E-state index contributed by atoms with van der Waals surface area (Å²) in [7, 11) is 0. The van der Waals surface area contributed by atoms with Crippen LogP contribution in [0.4, 0.5) is 0 Å². The van der Waals surface area contributed by atoms with Crippen molar-refractivity contribution >= 4 is 28.7 Å². The average molecular weight is 344 g/mol. The third-order valence-corrected chi connectivity index (χ3v) is 4.06. The minimum absolute atomic E-state index is 0.198. The summed E-state index contributed by atoms with van der Waals surface area (Å²) in [4.78, 5) is 24.0. The smallest absolute Gasteiger partial charge is 0.262 e. The maximum absolute atomic E-state index is 12.1. The van der Waals surface area contributed by atoms with Gasteiger partial charge in [-0.25, -0.2) is 0 Å². The van der Waals surface area contributed by atoms with E-state index in [1.165, 1.54) is 6.08 Å². The van der Waals surface area contributed by atoms with Gasteiger partial charge in [0.05, 0.1) is 6.42 Å². The van der Waals surface area contributed by atoms with Crippen molar-refractivity contribution in [3.8, 4) is 0 Å². The molecule has 4 heteroatoms. The maximum Gasteiger partial charge on any atom is 0.262 e. The van der Waals surface area contributed by atoms with Crippen molar-refractivity contribution in [1.82, 2.24) is 10.9 Å². The molecule has 0 fully saturated rings. The summed E-state index contributed by atoms with van der Waals surface area (Å²) in [6.45, 7) is 2.01. The quantitative estimate of drug-likeness (QED) is 0.562. The van der Waals surface area contributed by atoms with Crippen LogP contribution in [0, 0.1) is 6.92 Å². The molecule has 0 aliphatic heterocycles. The van der Waals surface area contributed by atoms with Crippen molar-refractivity contribution in [2.24, 2.45) is 0 Å². The van der Waals surface area contributed by atoms with E-state index in [-0.39, 0.29) is 18.2 Å². The molecule has 3 aromatic rings. The molecular weight excluding hydrogens is 324 g/mol. The van der Waals surface area contributed by atoms with E-state index in [1.54, 1.807) is 6.08 Å². The largest absolute Gasteiger partial charge is 0.273 e. The second kappa shape index (κ2) is 8.12. The Balaban J connectivity index is 1.55. The number of carbonyl (C=O) groups excluding carboxylic acids is 2. The Labute approximate surface area is 152 Å². The molecular formula is C22H20N2O2. The monoisotopic (exact) mass is 344 g/mol. The second-order valence-corrected chi connectivity index (χ2v) is 6.10. The van der Waals surface area contributed by atoms with Crippen molar-refractivity contribution in [2.75, 3.05) is 0 Å². The first-order valence-electron chi connectivity index (χ1n) is 8.42. The molecule has 0 aromatic heterocycles. The number of hydrazine groups is 1. The Morgan fingerprint density at radius 1 is 0.885 bits per heavy atom. The SMILES string of the molecule is Cc1ccc(/C=C/C(=O)NNC(=O)Cc2cccc3ccccc23)cc1. The van der Waals surface area contributed by atoms with Crippen LogP contribution < -0.4 is 10.9 Å². The van der Waals surface area contributed by atoms with Crippen LogP contribution in [0.2, 0.25) is 0 Å². The number of carbonyl (C=O) groups is 2. The van der Waals surface area contributed by atoms with E-state index in [0.29, 0.717) is 0 Å². The topological polar surface area (TPSA) is 58.2 Å². The van der Waals surface area contributed by atoms with E-state index >= 15 is 0 Å². The molecule has 2 N–H and O–H groups in total. The number of fused-ring (bicyclic) bond motifs is 1. The van der Waals surface area contributed by atoms with Crippen molar-refractivity contribution < 1.29 is 9.59 Å². The fourth-order valence-electron chi connectivity index (χ4n) is 2.69. The van der Waals surface area contributed by atoms with Crippen LogP contribution in [0.15, 0.2) is 72.8 Å². The normalized spacial score (nSPS) is 10.8. The molecule has 0 atom stereocenters. The van der Waals surface area contributed by atoms with Gasteiger partial charge in [-0.05, 0) is 34.9 Å². The second-order valence-electron chi connectivity index (χ2n) is 6.10. The Hall–Kier alpha value is -3.40. The lowest BCUT2D eigenvalue weighted by Crippen LogP contribution is -2.41. The molecule has 0 unspecified atom stereocenters. The standard InChI is InChI=1S/C22H20N2O2/c1-16-9-11-17(12-10-16)13-14-21(25)23-24-22(26)15-19-7-4-6-18-5-2-3-8-20(18)19/h2-14H,15H2,1H3,(H,23,25)(H,24,26)/b14-13+. The zero-order valence-electron chi connectivity index (χ0n) is 14.5. The van der Waals surface area contributed by atoms with E-state index in [9.17, 15) is 9.59 Å². The van der Waals surface area contributed by atoms with Crippen LogP contribution in [-0.2, 0) is 16.0 Å². The Morgan fingerprint density at radius 3 is 2.42 bits per heavy atom. The van der Waals surface area contributed by atoms with Gasteiger partial charge in [0.2, 0.25) is 5.91 Å². The van der Waals surface area contributed by atoms with Crippen molar-refractivity contribution in [2.45, 2.75) is 13.3 Å². The highest BCUT2D eigenvalue weighted by Gasteiger charge is 2.07. The molecule has 0 heterocycles. The third-order valence-electron chi connectivity index (χ3n) is 4.06. The molecule has 0 bridgehead atoms. The van der Waals surface area contributed by atoms with Gasteiger partial charge in [0, 0.05) is 6.08 Å². The molecule has 0 aliphatic carbocycles. The molecule has 3 aromatic carbocycles. The average Bonchev–Trinajstić information content (AvgIpc) is 2.66. The molecule has 2 amide bonds. The Kier molecular flexibility index (Phi) is 5.44. The van der Waals surface area contributed by atoms with Gasteiger partial charge in [-0.3, -0.25) is 20.4 Å². The first kappa shape index (κ1) is 17.4. The molecule has 0 saturated carbocycles. The van der Waals surface area contributed by atoms with E-state index < -0.39 is 0 Å². The molecule has 0 saturated heterocycles. The zero-order chi connectivity index (χ0) is 18.4. The van der Waals surface area contributed by atoms with Gasteiger partial charge in [-0.1, -0.05) is 72.3 Å². The maximum atomic E-state index is 12.1. The van der Waals surface area contributed by atoms with Gasteiger partial charge in [-0.15, -0.1) is 0 Å². The number of aryl methyl sites for hydroxylation is 1. The summed E-state index contributed by atoms with van der Waals surface area (Å²) in [6.07, 6.45) is 3.29. The van der Waals surface area contributed by atoms with Crippen molar-refractivity contribution in [1.29, 1.82) is 0 Å². The van der Waals surface area contributed by atoms with Gasteiger partial charge < -0.3 is 0 Å². The molecule has 3 rings (SSSR count). The minimum atomic E-state index is -0.378. The van der Waals surface area contributed by atoms with Crippen molar-refractivity contribution in [3.05, 3.63) is 89.5 Å². The highest BCUT2D eigenvalue weighted by atomic mass is 16.2. The van der Waals surface area contributed by atoms with Crippen LogP contribution in [0.1, 0.15) is 16.7 Å². The van der Waals surface area contributed by atoms with Gasteiger partial charge in [-0.2, -0.15) is 0 Å². The number of rotatable bonds is 4. The fraction of sp³-hybridized carbons (Fsp3) is 0.0909. The molecule has 0 radical (unpaired) electrons. The van der Waals surface area contributed by atoms with Gasteiger partial charge in [0.25, 0.3) is 5.91 Å². The van der Waals surface area contributed by atoms with E-state index in [2.05, 4.69) is 10.9 Å². The molecule has 130 valence electrons. The Bertz CT molecular complexity index is 954. The molecule has 0 aliphatic rings. The first-order valence-corrected chi connectivity index (χ1v) is 8.42. The summed E-state index contributed by atoms with van der Waals surface area (Å²) in [5, 5.41) is 2.12. The van der Waals surface area contributed by atoms with Crippen LogP contribution in [0.5, 0.6) is 0 Å². The Morgan fingerprint density at radius 2 is 1.62 bits per heavy atom. The van der Waals surface area contributed by atoms with Gasteiger partial charge in [0.15, 0.2) is 0 Å². The molecule has 4 nitrogen and oxygen atoms in total. The van der Waals surface area contributed by atoms with Gasteiger partial charge in [0.1, 0.15) is 0 Å². The summed E-state index contributed by atoms with van der Waals surface area (Å²) in [5.74, 6) is -0.643. The third kappa shape index (κ3) is 4.57. The van der Waals surface area contributed by atoms with E-state index in [4.69, 9.17) is 0 Å². The number of hydrogen-bond donors (Lipinski definition) is 2. The van der Waals surface area contributed by atoms with Crippen LogP contribution in [-0.4, -0.2) is 11.8 Å². The summed E-state index contributed by atoms with van der Waals surface area (Å²) >= 11 is 0. The zero-order valence-corrected chi connectivity index (χ0v) is 14.5. The number of amides is 2. The van der Waals surface area contributed by atoms with Crippen LogP contribution >= 0.6 is 0 Å². The lowest BCUT2D eigenvalue weighted by atomic mass is 10.0. The highest BCUT2D eigenvalue weighted by Crippen LogP contribution is 2.18. The van der Waals surface area contributed by atoms with Crippen LogP contribution in [0.3, 0.4) is 0 Å². The van der Waals surface area contributed by atoms with Crippen LogP contribution in [0.25, 0.3) is 16.8 Å². The summed E-state index contributed by atoms with van der Waals surface area (Å²) in [6, 6.07) is 21.6. The first-order chi connectivity index (χ1) is 12.6. The fourth-order valence-corrected chi connectivity index (χ4v) is 2.69. The number of nitrogens with one attached hydrogen (secondary N) is 2. The number of hydrogen-bond acceptors (Lipinski definition) is 2. The molecule has 26 heavy (non-hydrogen) atoms. The lowest BCUT2D eigenvalue weighted by Gasteiger charge is -2.08. The summed E-state index contributed by atoms with van der Waals surface area (Å²) < 4.78 is 0. The van der Waals surface area contributed by atoms with Gasteiger partial charge >= 0.3 is 0 Å². The highest BCUT2D eigenvalue weighted by molar-refractivity contribution is 5.94. The minimum Gasteiger partial charge on any atom is -0.273 e. The molecule has 0 spiro atoms.